The number of halogens is 3. The summed E-state index contributed by atoms with van der Waals surface area (Å²) in [5.41, 5.74) is 0.569. The van der Waals surface area contributed by atoms with Crippen molar-refractivity contribution in [3.05, 3.63) is 17.6 Å². The zero-order chi connectivity index (χ0) is 20.5. The van der Waals surface area contributed by atoms with Gasteiger partial charge in [-0.2, -0.15) is 22.7 Å². The fourth-order valence-corrected chi connectivity index (χ4v) is 3.07. The van der Waals surface area contributed by atoms with E-state index in [9.17, 15) is 18.0 Å². The molecule has 1 atom stereocenters. The third-order valence-corrected chi connectivity index (χ3v) is 4.76. The number of aromatic nitrogens is 4. The van der Waals surface area contributed by atoms with E-state index in [0.29, 0.717) is 44.2 Å². The summed E-state index contributed by atoms with van der Waals surface area (Å²) in [6.07, 6.45) is -3.75. The van der Waals surface area contributed by atoms with Crippen LogP contribution in [0.15, 0.2) is 6.07 Å². The molecule has 0 saturated carbocycles. The number of aryl methyl sites for hydroxylation is 1. The van der Waals surface area contributed by atoms with Crippen LogP contribution in [0.25, 0.3) is 5.78 Å². The number of anilines is 1. The molecule has 0 aromatic carbocycles. The maximum atomic E-state index is 13.0. The average molecular weight is 399 g/mol. The third-order valence-electron chi connectivity index (χ3n) is 4.76. The summed E-state index contributed by atoms with van der Waals surface area (Å²) in [4.78, 5) is 23.6. The molecule has 1 unspecified atom stereocenters. The molecule has 1 aliphatic heterocycles. The SMILES string of the molecule is CCC(C)NC(=O)CN1CCN(c2cc(C)nc3nc(C(F)(F)F)nn23)CC1. The number of hydrogen-bond donors (Lipinski definition) is 1. The summed E-state index contributed by atoms with van der Waals surface area (Å²) in [6, 6.07) is 1.84. The van der Waals surface area contributed by atoms with Crippen LogP contribution in [-0.4, -0.2) is 69.2 Å². The minimum absolute atomic E-state index is 0.0176. The molecule has 154 valence electrons. The van der Waals surface area contributed by atoms with Crippen molar-refractivity contribution in [1.82, 2.24) is 29.8 Å². The molecule has 1 N–H and O–H groups in total. The van der Waals surface area contributed by atoms with Crippen molar-refractivity contribution in [1.29, 1.82) is 0 Å². The Labute approximate surface area is 160 Å². The fraction of sp³-hybridized carbons (Fsp3) is 0.647. The fourth-order valence-electron chi connectivity index (χ4n) is 3.07. The highest BCUT2D eigenvalue weighted by Gasteiger charge is 2.37. The first kappa shape index (κ1) is 20.3. The van der Waals surface area contributed by atoms with E-state index in [4.69, 9.17) is 0 Å². The van der Waals surface area contributed by atoms with Gasteiger partial charge in [-0.25, -0.2) is 4.98 Å². The van der Waals surface area contributed by atoms with E-state index >= 15 is 0 Å². The molecule has 0 aliphatic carbocycles. The van der Waals surface area contributed by atoms with E-state index < -0.39 is 12.0 Å². The summed E-state index contributed by atoms with van der Waals surface area (Å²) in [5.74, 6) is -0.768. The maximum absolute atomic E-state index is 13.0. The summed E-state index contributed by atoms with van der Waals surface area (Å²) in [7, 11) is 0. The van der Waals surface area contributed by atoms with Crippen LogP contribution >= 0.6 is 0 Å². The number of amides is 1. The topological polar surface area (TPSA) is 78.7 Å². The van der Waals surface area contributed by atoms with Gasteiger partial charge in [-0.1, -0.05) is 6.92 Å². The number of carbonyl (C=O) groups is 1. The van der Waals surface area contributed by atoms with Crippen molar-refractivity contribution in [2.75, 3.05) is 37.6 Å². The van der Waals surface area contributed by atoms with Gasteiger partial charge < -0.3 is 10.2 Å². The molecule has 2 aromatic heterocycles. The predicted octanol–water partition coefficient (Wildman–Crippen LogP) is 1.49. The lowest BCUT2D eigenvalue weighted by atomic mass is 10.2. The van der Waals surface area contributed by atoms with Gasteiger partial charge in [0.25, 0.3) is 11.6 Å². The summed E-state index contributed by atoms with van der Waals surface area (Å²) >= 11 is 0. The second-order valence-electron chi connectivity index (χ2n) is 7.04. The van der Waals surface area contributed by atoms with Crippen molar-refractivity contribution in [2.45, 2.75) is 39.4 Å². The van der Waals surface area contributed by atoms with Crippen LogP contribution in [0.1, 0.15) is 31.8 Å². The monoisotopic (exact) mass is 399 g/mol. The maximum Gasteiger partial charge on any atom is 0.453 e. The zero-order valence-corrected chi connectivity index (χ0v) is 16.1. The van der Waals surface area contributed by atoms with E-state index in [2.05, 4.69) is 20.4 Å². The first-order valence-electron chi connectivity index (χ1n) is 9.25. The Balaban J connectivity index is 1.71. The number of piperazine rings is 1. The van der Waals surface area contributed by atoms with Crippen molar-refractivity contribution >= 4 is 17.5 Å². The van der Waals surface area contributed by atoms with Crippen molar-refractivity contribution in [3.8, 4) is 0 Å². The van der Waals surface area contributed by atoms with Gasteiger partial charge in [0, 0.05) is 44.0 Å². The number of alkyl halides is 3. The molecular weight excluding hydrogens is 375 g/mol. The molecule has 8 nitrogen and oxygen atoms in total. The molecular formula is C17H24F3N7O. The standard InChI is InChI=1S/C17H24F3N7O/c1-4-11(2)21-13(28)10-25-5-7-26(8-6-25)14-9-12(3)22-16-23-15(17(18,19)20)24-27(14)16/h9,11H,4-8,10H2,1-3H3,(H,21,28). The van der Waals surface area contributed by atoms with Crippen LogP contribution in [0.5, 0.6) is 0 Å². The van der Waals surface area contributed by atoms with Gasteiger partial charge >= 0.3 is 6.18 Å². The largest absolute Gasteiger partial charge is 0.453 e. The number of nitrogens with zero attached hydrogens (tertiary/aromatic N) is 6. The van der Waals surface area contributed by atoms with E-state index in [1.54, 1.807) is 13.0 Å². The number of hydrogen-bond acceptors (Lipinski definition) is 6. The Hall–Kier alpha value is -2.43. The molecule has 3 heterocycles. The van der Waals surface area contributed by atoms with Crippen molar-refractivity contribution in [3.63, 3.8) is 0 Å². The highest BCUT2D eigenvalue weighted by molar-refractivity contribution is 5.78. The molecule has 2 aromatic rings. The molecule has 28 heavy (non-hydrogen) atoms. The molecule has 0 spiro atoms. The number of carbonyl (C=O) groups excluding carboxylic acids is 1. The van der Waals surface area contributed by atoms with Crippen LogP contribution in [0.4, 0.5) is 19.0 Å². The van der Waals surface area contributed by atoms with Crippen LogP contribution in [0, 0.1) is 6.92 Å². The second kappa shape index (κ2) is 7.90. The van der Waals surface area contributed by atoms with Gasteiger partial charge in [-0.15, -0.1) is 5.10 Å². The van der Waals surface area contributed by atoms with Crippen LogP contribution in [-0.2, 0) is 11.0 Å². The third kappa shape index (κ3) is 4.51. The normalized spacial score (nSPS) is 17.1. The van der Waals surface area contributed by atoms with Crippen LogP contribution < -0.4 is 10.2 Å². The summed E-state index contributed by atoms with van der Waals surface area (Å²) < 4.78 is 40.0. The van der Waals surface area contributed by atoms with Crippen LogP contribution in [0.3, 0.4) is 0 Å². The Morgan fingerprint density at radius 2 is 1.93 bits per heavy atom. The van der Waals surface area contributed by atoms with Gasteiger partial charge in [0.1, 0.15) is 5.82 Å². The van der Waals surface area contributed by atoms with Gasteiger partial charge in [-0.3, -0.25) is 9.69 Å². The Bertz CT molecular complexity index is 843. The van der Waals surface area contributed by atoms with E-state index in [0.717, 1.165) is 10.9 Å². The number of fused-ring (bicyclic) bond motifs is 1. The van der Waals surface area contributed by atoms with E-state index in [-0.39, 0.29) is 17.7 Å². The molecule has 0 bridgehead atoms. The van der Waals surface area contributed by atoms with Crippen LogP contribution in [0.2, 0.25) is 0 Å². The molecule has 1 saturated heterocycles. The zero-order valence-electron chi connectivity index (χ0n) is 16.1. The smallest absolute Gasteiger partial charge is 0.354 e. The molecule has 1 amide bonds. The molecule has 1 fully saturated rings. The minimum atomic E-state index is -4.62. The Kier molecular flexibility index (Phi) is 5.73. The minimum Gasteiger partial charge on any atom is -0.354 e. The van der Waals surface area contributed by atoms with Crippen molar-refractivity contribution < 1.29 is 18.0 Å². The van der Waals surface area contributed by atoms with Crippen molar-refractivity contribution in [2.24, 2.45) is 0 Å². The van der Waals surface area contributed by atoms with E-state index in [1.807, 2.05) is 23.6 Å². The average Bonchev–Trinajstić information content (AvgIpc) is 3.05. The molecule has 11 heteroatoms. The second-order valence-corrected chi connectivity index (χ2v) is 7.04. The predicted molar refractivity (Wildman–Crippen MR) is 97.1 cm³/mol. The van der Waals surface area contributed by atoms with Gasteiger partial charge in [0.2, 0.25) is 5.91 Å². The Morgan fingerprint density at radius 3 is 2.54 bits per heavy atom. The lowest BCUT2D eigenvalue weighted by Crippen LogP contribution is -2.50. The molecule has 3 rings (SSSR count). The number of nitrogens with one attached hydrogen (secondary N) is 1. The first-order valence-corrected chi connectivity index (χ1v) is 9.25. The highest BCUT2D eigenvalue weighted by Crippen LogP contribution is 2.28. The molecule has 0 radical (unpaired) electrons. The Morgan fingerprint density at radius 1 is 1.25 bits per heavy atom. The van der Waals surface area contributed by atoms with Gasteiger partial charge in [-0.05, 0) is 20.3 Å². The van der Waals surface area contributed by atoms with Gasteiger partial charge in [0.15, 0.2) is 0 Å². The highest BCUT2D eigenvalue weighted by atomic mass is 19.4. The lowest BCUT2D eigenvalue weighted by Gasteiger charge is -2.35. The number of rotatable bonds is 5. The molecule has 1 aliphatic rings. The lowest BCUT2D eigenvalue weighted by molar-refractivity contribution is -0.144. The quantitative estimate of drug-likeness (QED) is 0.821. The van der Waals surface area contributed by atoms with E-state index in [1.165, 1.54) is 0 Å². The first-order chi connectivity index (χ1) is 13.2. The summed E-state index contributed by atoms with van der Waals surface area (Å²) in [5, 5.41) is 6.55. The van der Waals surface area contributed by atoms with Gasteiger partial charge in [0.05, 0.1) is 6.54 Å². The summed E-state index contributed by atoms with van der Waals surface area (Å²) in [6.45, 7) is 8.36.